The first kappa shape index (κ1) is 16.5. The molecule has 0 N–H and O–H groups in total. The summed E-state index contributed by atoms with van der Waals surface area (Å²) < 4.78 is 10.2. The zero-order valence-electron chi connectivity index (χ0n) is 11.6. The van der Waals surface area contributed by atoms with Crippen molar-refractivity contribution < 1.29 is 19.1 Å². The molecule has 0 atom stereocenters. The molecule has 20 heavy (non-hydrogen) atoms. The van der Waals surface area contributed by atoms with Gasteiger partial charge >= 0.3 is 11.9 Å². The first-order valence-electron chi connectivity index (χ1n) is 6.21. The lowest BCUT2D eigenvalue weighted by Gasteiger charge is -2.24. The smallest absolute Gasteiger partial charge is 0.307 e. The van der Waals surface area contributed by atoms with Crippen LogP contribution < -0.4 is 4.90 Å². The number of rotatable bonds is 7. The van der Waals surface area contributed by atoms with Crippen LogP contribution in [0.15, 0.2) is 28.7 Å². The predicted octanol–water partition coefficient (Wildman–Crippen LogP) is 2.38. The molecule has 0 aliphatic rings. The van der Waals surface area contributed by atoms with Crippen molar-refractivity contribution in [3.8, 4) is 0 Å². The van der Waals surface area contributed by atoms with Gasteiger partial charge in [-0.25, -0.2) is 0 Å². The number of hydrogen-bond acceptors (Lipinski definition) is 5. The highest BCUT2D eigenvalue weighted by molar-refractivity contribution is 9.10. The number of methoxy groups -OCH3 is 2. The Labute approximate surface area is 127 Å². The van der Waals surface area contributed by atoms with E-state index in [1.165, 1.54) is 14.2 Å². The molecule has 5 nitrogen and oxygen atoms in total. The molecule has 1 rings (SSSR count). The SMILES string of the molecule is COC(=O)CCN(CCC(=O)OC)c1cccc(Br)c1. The van der Waals surface area contributed by atoms with Crippen molar-refractivity contribution in [2.45, 2.75) is 12.8 Å². The molecule has 0 radical (unpaired) electrons. The fourth-order valence-corrected chi connectivity index (χ4v) is 2.09. The molecule has 0 saturated carbocycles. The van der Waals surface area contributed by atoms with Crippen molar-refractivity contribution in [1.82, 2.24) is 0 Å². The first-order chi connectivity index (χ1) is 9.56. The standard InChI is InChI=1S/C14H18BrNO4/c1-19-13(17)6-8-16(9-7-14(18)20-2)12-5-3-4-11(15)10-12/h3-5,10H,6-9H2,1-2H3. The van der Waals surface area contributed by atoms with Gasteiger partial charge in [0.1, 0.15) is 0 Å². The fraction of sp³-hybridized carbons (Fsp3) is 0.429. The Hall–Kier alpha value is -1.56. The number of anilines is 1. The van der Waals surface area contributed by atoms with Crippen molar-refractivity contribution in [1.29, 1.82) is 0 Å². The number of hydrogen-bond donors (Lipinski definition) is 0. The Kier molecular flexibility index (Phi) is 7.08. The minimum absolute atomic E-state index is 0.268. The zero-order valence-corrected chi connectivity index (χ0v) is 13.2. The third kappa shape index (κ3) is 5.61. The molecule has 0 bridgehead atoms. The second-order valence-corrected chi connectivity index (χ2v) is 5.03. The summed E-state index contributed by atoms with van der Waals surface area (Å²) in [5.74, 6) is -0.550. The molecule has 0 amide bonds. The topological polar surface area (TPSA) is 55.8 Å². The van der Waals surface area contributed by atoms with Crippen molar-refractivity contribution in [2.75, 3.05) is 32.2 Å². The van der Waals surface area contributed by atoms with Gasteiger partial charge in [0, 0.05) is 23.2 Å². The minimum atomic E-state index is -0.275. The lowest BCUT2D eigenvalue weighted by Crippen LogP contribution is -2.29. The van der Waals surface area contributed by atoms with Gasteiger partial charge in [-0.1, -0.05) is 22.0 Å². The van der Waals surface area contributed by atoms with Gasteiger partial charge in [-0.2, -0.15) is 0 Å². The third-order valence-electron chi connectivity index (χ3n) is 2.80. The van der Waals surface area contributed by atoms with Gasteiger partial charge in [0.15, 0.2) is 0 Å². The molecule has 6 heteroatoms. The highest BCUT2D eigenvalue weighted by Crippen LogP contribution is 2.20. The number of ether oxygens (including phenoxy) is 2. The first-order valence-corrected chi connectivity index (χ1v) is 7.00. The number of benzene rings is 1. The van der Waals surface area contributed by atoms with Crippen LogP contribution in [0.1, 0.15) is 12.8 Å². The Morgan fingerprint density at radius 3 is 2.10 bits per heavy atom. The van der Waals surface area contributed by atoms with E-state index < -0.39 is 0 Å². The van der Waals surface area contributed by atoms with E-state index in [2.05, 4.69) is 25.4 Å². The Morgan fingerprint density at radius 2 is 1.65 bits per heavy atom. The number of carbonyl (C=O) groups is 2. The zero-order chi connectivity index (χ0) is 15.0. The maximum absolute atomic E-state index is 11.3. The van der Waals surface area contributed by atoms with E-state index in [1.54, 1.807) is 0 Å². The lowest BCUT2D eigenvalue weighted by atomic mass is 10.2. The summed E-state index contributed by atoms with van der Waals surface area (Å²) in [5, 5.41) is 0. The lowest BCUT2D eigenvalue weighted by molar-refractivity contribution is -0.140. The van der Waals surface area contributed by atoms with Crippen LogP contribution in [-0.4, -0.2) is 39.2 Å². The second-order valence-electron chi connectivity index (χ2n) is 4.12. The summed E-state index contributed by atoms with van der Waals surface area (Å²) in [6, 6.07) is 7.69. The average Bonchev–Trinajstić information content (AvgIpc) is 2.46. The normalized spacial score (nSPS) is 9.95. The molecule has 110 valence electrons. The van der Waals surface area contributed by atoms with Gasteiger partial charge in [-0.15, -0.1) is 0 Å². The van der Waals surface area contributed by atoms with Gasteiger partial charge < -0.3 is 14.4 Å². The van der Waals surface area contributed by atoms with E-state index in [0.29, 0.717) is 13.1 Å². The van der Waals surface area contributed by atoms with E-state index in [4.69, 9.17) is 0 Å². The maximum Gasteiger partial charge on any atom is 0.307 e. The molecule has 0 aromatic heterocycles. The quantitative estimate of drug-likeness (QED) is 0.711. The number of esters is 2. The number of carbonyl (C=O) groups excluding carboxylic acids is 2. The molecule has 0 saturated heterocycles. The van der Waals surface area contributed by atoms with Crippen LogP contribution in [0.5, 0.6) is 0 Å². The number of nitrogens with zero attached hydrogens (tertiary/aromatic N) is 1. The summed E-state index contributed by atoms with van der Waals surface area (Å²) in [5.41, 5.74) is 0.937. The third-order valence-corrected chi connectivity index (χ3v) is 3.29. The average molecular weight is 344 g/mol. The van der Waals surface area contributed by atoms with Crippen molar-refractivity contribution in [3.63, 3.8) is 0 Å². The monoisotopic (exact) mass is 343 g/mol. The van der Waals surface area contributed by atoms with Crippen LogP contribution in [0.4, 0.5) is 5.69 Å². The van der Waals surface area contributed by atoms with Crippen LogP contribution in [-0.2, 0) is 19.1 Å². The van der Waals surface area contributed by atoms with Crippen LogP contribution in [0.3, 0.4) is 0 Å². The Bertz CT molecular complexity index is 444. The van der Waals surface area contributed by atoms with Crippen LogP contribution in [0.2, 0.25) is 0 Å². The van der Waals surface area contributed by atoms with Gasteiger partial charge in [-0.3, -0.25) is 9.59 Å². The summed E-state index contributed by atoms with van der Waals surface area (Å²) in [6.07, 6.45) is 0.536. The second kappa shape index (κ2) is 8.58. The summed E-state index contributed by atoms with van der Waals surface area (Å²) in [6.45, 7) is 0.972. The van der Waals surface area contributed by atoms with Crippen LogP contribution in [0, 0.1) is 0 Å². The van der Waals surface area contributed by atoms with E-state index in [9.17, 15) is 9.59 Å². The van der Waals surface area contributed by atoms with E-state index in [1.807, 2.05) is 29.2 Å². The molecule has 0 unspecified atom stereocenters. The van der Waals surface area contributed by atoms with Gasteiger partial charge in [0.25, 0.3) is 0 Å². The molecular weight excluding hydrogens is 326 g/mol. The van der Waals surface area contributed by atoms with E-state index >= 15 is 0 Å². The van der Waals surface area contributed by atoms with Gasteiger partial charge in [0.2, 0.25) is 0 Å². The summed E-state index contributed by atoms with van der Waals surface area (Å²) in [7, 11) is 2.72. The molecule has 0 aliphatic carbocycles. The molecule has 1 aromatic carbocycles. The molecule has 0 fully saturated rings. The minimum Gasteiger partial charge on any atom is -0.469 e. The van der Waals surface area contributed by atoms with E-state index in [0.717, 1.165) is 10.2 Å². The molecule has 1 aromatic rings. The van der Waals surface area contributed by atoms with Gasteiger partial charge in [-0.05, 0) is 18.2 Å². The molecular formula is C14H18BrNO4. The van der Waals surface area contributed by atoms with Crippen LogP contribution >= 0.6 is 15.9 Å². The fourth-order valence-electron chi connectivity index (χ4n) is 1.70. The van der Waals surface area contributed by atoms with Crippen molar-refractivity contribution in [3.05, 3.63) is 28.7 Å². The highest BCUT2D eigenvalue weighted by atomic mass is 79.9. The Balaban J connectivity index is 2.72. The van der Waals surface area contributed by atoms with Crippen molar-refractivity contribution >= 4 is 33.6 Å². The summed E-state index contributed by atoms with van der Waals surface area (Å²) >= 11 is 3.41. The maximum atomic E-state index is 11.3. The van der Waals surface area contributed by atoms with Gasteiger partial charge in [0.05, 0.1) is 27.1 Å². The van der Waals surface area contributed by atoms with Crippen LogP contribution in [0.25, 0.3) is 0 Å². The number of halogens is 1. The molecule has 0 heterocycles. The summed E-state index contributed by atoms with van der Waals surface area (Å²) in [4.78, 5) is 24.5. The highest BCUT2D eigenvalue weighted by Gasteiger charge is 2.12. The van der Waals surface area contributed by atoms with E-state index in [-0.39, 0.29) is 24.8 Å². The van der Waals surface area contributed by atoms with Crippen molar-refractivity contribution in [2.24, 2.45) is 0 Å². The largest absolute Gasteiger partial charge is 0.469 e. The Morgan fingerprint density at radius 1 is 1.10 bits per heavy atom. The predicted molar refractivity (Wildman–Crippen MR) is 79.6 cm³/mol. The molecule has 0 aliphatic heterocycles. The molecule has 0 spiro atoms.